The van der Waals surface area contributed by atoms with Gasteiger partial charge < -0.3 is 5.32 Å². The van der Waals surface area contributed by atoms with Crippen LogP contribution in [-0.2, 0) is 19.3 Å². The highest BCUT2D eigenvalue weighted by Crippen LogP contribution is 2.21. The summed E-state index contributed by atoms with van der Waals surface area (Å²) in [7, 11) is 0. The van der Waals surface area contributed by atoms with Gasteiger partial charge in [-0.1, -0.05) is 30.3 Å². The SMILES string of the molecule is Cc1cc(F)ccc1CCNC1CCc2ccccc2C1. The van der Waals surface area contributed by atoms with E-state index in [9.17, 15) is 4.39 Å². The average Bonchev–Trinajstić information content (AvgIpc) is 2.49. The second kappa shape index (κ2) is 6.40. The fraction of sp³-hybridized carbons (Fsp3) is 0.368. The molecule has 0 aromatic heterocycles. The number of halogens is 1. The zero-order valence-corrected chi connectivity index (χ0v) is 12.5. The normalized spacial score (nSPS) is 17.5. The summed E-state index contributed by atoms with van der Waals surface area (Å²) in [5.41, 5.74) is 5.27. The maximum absolute atomic E-state index is 13.1. The molecule has 0 fully saturated rings. The van der Waals surface area contributed by atoms with Crippen molar-refractivity contribution in [1.82, 2.24) is 5.32 Å². The first kappa shape index (κ1) is 14.3. The quantitative estimate of drug-likeness (QED) is 0.899. The maximum atomic E-state index is 13.1. The van der Waals surface area contributed by atoms with E-state index >= 15 is 0 Å². The van der Waals surface area contributed by atoms with Crippen LogP contribution in [0.5, 0.6) is 0 Å². The molecule has 110 valence electrons. The summed E-state index contributed by atoms with van der Waals surface area (Å²) in [5, 5.41) is 3.66. The number of benzene rings is 2. The molecule has 1 N–H and O–H groups in total. The molecule has 0 saturated carbocycles. The summed E-state index contributed by atoms with van der Waals surface area (Å²) in [4.78, 5) is 0. The Morgan fingerprint density at radius 2 is 1.95 bits per heavy atom. The minimum absolute atomic E-state index is 0.145. The largest absolute Gasteiger partial charge is 0.313 e. The number of aryl methyl sites for hydroxylation is 2. The van der Waals surface area contributed by atoms with Gasteiger partial charge in [0, 0.05) is 6.04 Å². The molecule has 1 unspecified atom stereocenters. The summed E-state index contributed by atoms with van der Waals surface area (Å²) < 4.78 is 13.1. The molecule has 3 rings (SSSR count). The number of rotatable bonds is 4. The Hall–Kier alpha value is -1.67. The molecule has 2 aromatic rings. The molecule has 1 atom stereocenters. The van der Waals surface area contributed by atoms with Crippen LogP contribution in [0.2, 0.25) is 0 Å². The van der Waals surface area contributed by atoms with Crippen LogP contribution in [0.3, 0.4) is 0 Å². The minimum atomic E-state index is -0.145. The molecule has 1 aliphatic carbocycles. The van der Waals surface area contributed by atoms with Crippen molar-refractivity contribution in [3.8, 4) is 0 Å². The number of nitrogens with one attached hydrogen (secondary N) is 1. The molecule has 2 aromatic carbocycles. The molecule has 1 aliphatic rings. The first-order chi connectivity index (χ1) is 10.2. The Balaban J connectivity index is 1.52. The van der Waals surface area contributed by atoms with Gasteiger partial charge in [-0.25, -0.2) is 4.39 Å². The van der Waals surface area contributed by atoms with Crippen molar-refractivity contribution < 1.29 is 4.39 Å². The highest BCUT2D eigenvalue weighted by molar-refractivity contribution is 5.30. The van der Waals surface area contributed by atoms with Gasteiger partial charge in [-0.2, -0.15) is 0 Å². The first-order valence-electron chi connectivity index (χ1n) is 7.77. The first-order valence-corrected chi connectivity index (χ1v) is 7.77. The zero-order chi connectivity index (χ0) is 14.7. The van der Waals surface area contributed by atoms with Crippen molar-refractivity contribution in [2.75, 3.05) is 6.54 Å². The van der Waals surface area contributed by atoms with E-state index in [1.165, 1.54) is 29.5 Å². The predicted molar refractivity (Wildman–Crippen MR) is 85.1 cm³/mol. The van der Waals surface area contributed by atoms with Crippen molar-refractivity contribution in [1.29, 1.82) is 0 Å². The molecule has 1 nitrogen and oxygen atoms in total. The summed E-state index contributed by atoms with van der Waals surface area (Å²) >= 11 is 0. The van der Waals surface area contributed by atoms with Crippen LogP contribution in [0.15, 0.2) is 42.5 Å². The molecular formula is C19H22FN. The summed E-state index contributed by atoms with van der Waals surface area (Å²) in [6.07, 6.45) is 4.46. The van der Waals surface area contributed by atoms with E-state index in [1.807, 2.05) is 13.0 Å². The monoisotopic (exact) mass is 283 g/mol. The van der Waals surface area contributed by atoms with Gasteiger partial charge in [0.2, 0.25) is 0 Å². The van der Waals surface area contributed by atoms with E-state index in [0.29, 0.717) is 6.04 Å². The van der Waals surface area contributed by atoms with E-state index in [1.54, 1.807) is 12.1 Å². The van der Waals surface area contributed by atoms with Gasteiger partial charge in [0.05, 0.1) is 0 Å². The van der Waals surface area contributed by atoms with Crippen LogP contribution >= 0.6 is 0 Å². The molecule has 2 heteroatoms. The van der Waals surface area contributed by atoms with Crippen molar-refractivity contribution in [3.63, 3.8) is 0 Å². The van der Waals surface area contributed by atoms with Crippen LogP contribution in [0, 0.1) is 12.7 Å². The van der Waals surface area contributed by atoms with E-state index in [2.05, 4.69) is 29.6 Å². The van der Waals surface area contributed by atoms with Gasteiger partial charge in [-0.15, -0.1) is 0 Å². The van der Waals surface area contributed by atoms with Gasteiger partial charge in [0.15, 0.2) is 0 Å². The average molecular weight is 283 g/mol. The number of fused-ring (bicyclic) bond motifs is 1. The van der Waals surface area contributed by atoms with Crippen LogP contribution in [0.1, 0.15) is 28.7 Å². The minimum Gasteiger partial charge on any atom is -0.313 e. The van der Waals surface area contributed by atoms with E-state index in [4.69, 9.17) is 0 Å². The summed E-state index contributed by atoms with van der Waals surface area (Å²) in [6.45, 7) is 2.94. The predicted octanol–water partition coefficient (Wildman–Crippen LogP) is 3.82. The number of hydrogen-bond donors (Lipinski definition) is 1. The Bertz CT molecular complexity index is 621. The van der Waals surface area contributed by atoms with E-state index in [0.717, 1.165) is 24.9 Å². The fourth-order valence-electron chi connectivity index (χ4n) is 3.22. The Morgan fingerprint density at radius 1 is 1.14 bits per heavy atom. The second-order valence-electron chi connectivity index (χ2n) is 5.98. The lowest BCUT2D eigenvalue weighted by atomic mass is 9.88. The lowest BCUT2D eigenvalue weighted by molar-refractivity contribution is 0.461. The molecule has 0 heterocycles. The van der Waals surface area contributed by atoms with Gasteiger partial charge >= 0.3 is 0 Å². The third kappa shape index (κ3) is 3.51. The molecule has 0 bridgehead atoms. The topological polar surface area (TPSA) is 12.0 Å². The summed E-state index contributed by atoms with van der Waals surface area (Å²) in [5.74, 6) is -0.145. The van der Waals surface area contributed by atoms with Crippen LogP contribution < -0.4 is 5.32 Å². The second-order valence-corrected chi connectivity index (χ2v) is 5.98. The highest BCUT2D eigenvalue weighted by Gasteiger charge is 2.17. The maximum Gasteiger partial charge on any atom is 0.123 e. The van der Waals surface area contributed by atoms with Gasteiger partial charge in [-0.05, 0) is 73.5 Å². The molecule has 21 heavy (non-hydrogen) atoms. The lowest BCUT2D eigenvalue weighted by Gasteiger charge is -2.25. The van der Waals surface area contributed by atoms with E-state index < -0.39 is 0 Å². The van der Waals surface area contributed by atoms with Crippen molar-refractivity contribution in [2.45, 2.75) is 38.6 Å². The molecule has 0 aliphatic heterocycles. The Kier molecular flexibility index (Phi) is 4.35. The molecule has 0 spiro atoms. The van der Waals surface area contributed by atoms with Gasteiger partial charge in [0.25, 0.3) is 0 Å². The standard InChI is InChI=1S/C19H22FN/c1-14-12-18(20)8-6-15(14)10-11-21-19-9-7-16-4-2-3-5-17(16)13-19/h2-6,8,12,19,21H,7,9-11,13H2,1H3. The van der Waals surface area contributed by atoms with Crippen molar-refractivity contribution >= 4 is 0 Å². The van der Waals surface area contributed by atoms with Gasteiger partial charge in [0.1, 0.15) is 5.82 Å². The van der Waals surface area contributed by atoms with Crippen molar-refractivity contribution in [3.05, 3.63) is 70.5 Å². The number of hydrogen-bond acceptors (Lipinski definition) is 1. The highest BCUT2D eigenvalue weighted by atomic mass is 19.1. The Morgan fingerprint density at radius 3 is 2.76 bits per heavy atom. The molecule has 0 saturated heterocycles. The van der Waals surface area contributed by atoms with Gasteiger partial charge in [-0.3, -0.25) is 0 Å². The van der Waals surface area contributed by atoms with Crippen LogP contribution in [0.25, 0.3) is 0 Å². The van der Waals surface area contributed by atoms with Crippen LogP contribution in [-0.4, -0.2) is 12.6 Å². The smallest absolute Gasteiger partial charge is 0.123 e. The summed E-state index contributed by atoms with van der Waals surface area (Å²) in [6, 6.07) is 14.4. The zero-order valence-electron chi connectivity index (χ0n) is 12.5. The van der Waals surface area contributed by atoms with E-state index in [-0.39, 0.29) is 5.82 Å². The molecule has 0 radical (unpaired) electrons. The lowest BCUT2D eigenvalue weighted by Crippen LogP contribution is -2.35. The third-order valence-electron chi connectivity index (χ3n) is 4.48. The third-order valence-corrected chi connectivity index (χ3v) is 4.48. The molecule has 0 amide bonds. The van der Waals surface area contributed by atoms with Crippen LogP contribution in [0.4, 0.5) is 4.39 Å². The fourth-order valence-corrected chi connectivity index (χ4v) is 3.22. The Labute approximate surface area is 126 Å². The molecular weight excluding hydrogens is 261 g/mol. The van der Waals surface area contributed by atoms with Crippen molar-refractivity contribution in [2.24, 2.45) is 0 Å².